The molecule has 1 aromatic rings. The van der Waals surface area contributed by atoms with Gasteiger partial charge in [0, 0.05) is 28.8 Å². The molecule has 0 fully saturated rings. The zero-order chi connectivity index (χ0) is 15.1. The van der Waals surface area contributed by atoms with Crippen LogP contribution in [0.25, 0.3) is 0 Å². The summed E-state index contributed by atoms with van der Waals surface area (Å²) in [6, 6.07) is 5.68. The van der Waals surface area contributed by atoms with Gasteiger partial charge in [0.05, 0.1) is 11.6 Å². The molecule has 1 amide bonds. The highest BCUT2D eigenvalue weighted by atomic mass is 127. The van der Waals surface area contributed by atoms with Crippen LogP contribution < -0.4 is 0 Å². The topological polar surface area (TPSA) is 29.5 Å². The minimum absolute atomic E-state index is 0.0223. The van der Waals surface area contributed by atoms with Crippen LogP contribution in [-0.4, -0.2) is 37.1 Å². The largest absolute Gasteiger partial charge is 0.383 e. The Morgan fingerprint density at radius 3 is 2.55 bits per heavy atom. The van der Waals surface area contributed by atoms with Gasteiger partial charge in [-0.05, 0) is 53.6 Å². The molecular weight excluding hydrogens is 389 g/mol. The van der Waals surface area contributed by atoms with Crippen molar-refractivity contribution in [3.05, 3.63) is 32.4 Å². The lowest BCUT2D eigenvalue weighted by atomic mass is 10.1. The third-order valence-corrected chi connectivity index (χ3v) is 4.92. The number of carbonyl (C=O) groups excluding carboxylic acids is 1. The monoisotopic (exact) mass is 409 g/mol. The van der Waals surface area contributed by atoms with Crippen LogP contribution >= 0.6 is 34.2 Å². The summed E-state index contributed by atoms with van der Waals surface area (Å²) in [5.41, 5.74) is 0.637. The van der Waals surface area contributed by atoms with Gasteiger partial charge in [-0.2, -0.15) is 0 Å². The van der Waals surface area contributed by atoms with E-state index in [1.54, 1.807) is 13.2 Å². The van der Waals surface area contributed by atoms with Gasteiger partial charge < -0.3 is 9.64 Å². The van der Waals surface area contributed by atoms with Crippen LogP contribution in [0.3, 0.4) is 0 Å². The molecule has 0 heterocycles. The Hall–Kier alpha value is -0.330. The summed E-state index contributed by atoms with van der Waals surface area (Å²) in [5.74, 6) is 0.0223. The van der Waals surface area contributed by atoms with Gasteiger partial charge in [0.1, 0.15) is 0 Å². The molecule has 0 bridgehead atoms. The van der Waals surface area contributed by atoms with Crippen molar-refractivity contribution in [3.63, 3.8) is 0 Å². The molecule has 1 aromatic carbocycles. The van der Waals surface area contributed by atoms with Crippen molar-refractivity contribution in [2.45, 2.75) is 32.7 Å². The highest BCUT2D eigenvalue weighted by molar-refractivity contribution is 14.1. The van der Waals surface area contributed by atoms with E-state index in [0.29, 0.717) is 23.7 Å². The minimum atomic E-state index is 0.0223. The van der Waals surface area contributed by atoms with E-state index in [1.807, 2.05) is 17.0 Å². The Bertz CT molecular complexity index is 449. The molecule has 0 aliphatic rings. The van der Waals surface area contributed by atoms with Crippen molar-refractivity contribution >= 4 is 40.1 Å². The molecule has 0 spiro atoms. The predicted octanol–water partition coefficient (Wildman–Crippen LogP) is 4.22. The van der Waals surface area contributed by atoms with E-state index in [9.17, 15) is 4.79 Å². The Morgan fingerprint density at radius 2 is 2.05 bits per heavy atom. The van der Waals surface area contributed by atoms with Crippen molar-refractivity contribution in [2.75, 3.05) is 20.3 Å². The minimum Gasteiger partial charge on any atom is -0.383 e. The molecule has 0 N–H and O–H groups in total. The van der Waals surface area contributed by atoms with Crippen LogP contribution in [0.2, 0.25) is 5.02 Å². The van der Waals surface area contributed by atoms with Crippen molar-refractivity contribution in [1.29, 1.82) is 0 Å². The Balaban J connectivity index is 2.99. The first-order chi connectivity index (χ1) is 9.54. The second-order valence-electron chi connectivity index (χ2n) is 4.59. The van der Waals surface area contributed by atoms with Gasteiger partial charge in [0.25, 0.3) is 5.91 Å². The number of methoxy groups -OCH3 is 1. The normalized spacial score (nSPS) is 10.9. The van der Waals surface area contributed by atoms with Crippen molar-refractivity contribution < 1.29 is 9.53 Å². The number of benzene rings is 1. The number of nitrogens with zero attached hydrogens (tertiary/aromatic N) is 1. The quantitative estimate of drug-likeness (QED) is 0.631. The van der Waals surface area contributed by atoms with Crippen LogP contribution in [0, 0.1) is 3.57 Å². The summed E-state index contributed by atoms with van der Waals surface area (Å²) in [6.07, 6.45) is 1.87. The second kappa shape index (κ2) is 8.85. The second-order valence-corrected chi connectivity index (χ2v) is 6.16. The fourth-order valence-corrected chi connectivity index (χ4v) is 2.68. The van der Waals surface area contributed by atoms with Gasteiger partial charge >= 0.3 is 0 Å². The summed E-state index contributed by atoms with van der Waals surface area (Å²) in [5, 5.41) is 0.618. The van der Waals surface area contributed by atoms with E-state index < -0.39 is 0 Å². The molecule has 0 saturated carbocycles. The van der Waals surface area contributed by atoms with Crippen molar-refractivity contribution in [1.82, 2.24) is 4.90 Å². The first-order valence-corrected chi connectivity index (χ1v) is 8.25. The van der Waals surface area contributed by atoms with Crippen LogP contribution in [0.5, 0.6) is 0 Å². The molecule has 1 rings (SSSR count). The van der Waals surface area contributed by atoms with Gasteiger partial charge in [-0.15, -0.1) is 0 Å². The number of hydrogen-bond donors (Lipinski definition) is 0. The smallest absolute Gasteiger partial charge is 0.254 e. The average molecular weight is 410 g/mol. The van der Waals surface area contributed by atoms with E-state index in [1.165, 1.54) is 0 Å². The standard InChI is InChI=1S/C15H21ClINO2/c1-4-12(5-2)18(8-9-20-3)15(19)11-6-7-14(17)13(16)10-11/h6-7,10,12H,4-5,8-9H2,1-3H3. The van der Waals surface area contributed by atoms with Crippen LogP contribution in [-0.2, 0) is 4.74 Å². The Labute approximate surface area is 139 Å². The lowest BCUT2D eigenvalue weighted by Crippen LogP contribution is -2.41. The SMILES string of the molecule is CCC(CC)N(CCOC)C(=O)c1ccc(I)c(Cl)c1. The van der Waals surface area contributed by atoms with E-state index in [2.05, 4.69) is 36.4 Å². The number of halogens is 2. The van der Waals surface area contributed by atoms with E-state index in [4.69, 9.17) is 16.3 Å². The maximum absolute atomic E-state index is 12.7. The summed E-state index contributed by atoms with van der Waals surface area (Å²) in [7, 11) is 1.65. The number of ether oxygens (including phenoxy) is 1. The molecule has 3 nitrogen and oxygen atoms in total. The number of hydrogen-bond acceptors (Lipinski definition) is 2. The van der Waals surface area contributed by atoms with Gasteiger partial charge in [-0.25, -0.2) is 0 Å². The van der Waals surface area contributed by atoms with E-state index in [0.717, 1.165) is 16.4 Å². The highest BCUT2D eigenvalue weighted by Gasteiger charge is 2.22. The highest BCUT2D eigenvalue weighted by Crippen LogP contribution is 2.21. The molecule has 0 aliphatic heterocycles. The third kappa shape index (κ3) is 4.60. The first-order valence-electron chi connectivity index (χ1n) is 6.80. The van der Waals surface area contributed by atoms with Gasteiger partial charge in [0.15, 0.2) is 0 Å². The molecule has 0 aromatic heterocycles. The average Bonchev–Trinajstić information content (AvgIpc) is 2.45. The fourth-order valence-electron chi connectivity index (χ4n) is 2.16. The summed E-state index contributed by atoms with van der Waals surface area (Å²) in [4.78, 5) is 14.6. The van der Waals surface area contributed by atoms with Crippen molar-refractivity contribution in [3.8, 4) is 0 Å². The Kier molecular flexibility index (Phi) is 7.84. The van der Waals surface area contributed by atoms with E-state index >= 15 is 0 Å². The Morgan fingerprint density at radius 1 is 1.40 bits per heavy atom. The predicted molar refractivity (Wildman–Crippen MR) is 91.5 cm³/mol. The molecule has 0 radical (unpaired) electrons. The lowest BCUT2D eigenvalue weighted by molar-refractivity contribution is 0.0589. The third-order valence-electron chi connectivity index (χ3n) is 3.35. The van der Waals surface area contributed by atoms with Gasteiger partial charge in [-0.1, -0.05) is 25.4 Å². The first kappa shape index (κ1) is 17.7. The number of amides is 1. The number of rotatable bonds is 7. The number of carbonyl (C=O) groups is 1. The van der Waals surface area contributed by atoms with Crippen LogP contribution in [0.1, 0.15) is 37.0 Å². The molecule has 0 aliphatic carbocycles. The summed E-state index contributed by atoms with van der Waals surface area (Å²) in [6.45, 7) is 5.34. The fraction of sp³-hybridized carbons (Fsp3) is 0.533. The molecule has 0 saturated heterocycles. The molecule has 20 heavy (non-hydrogen) atoms. The maximum Gasteiger partial charge on any atom is 0.254 e. The van der Waals surface area contributed by atoms with Crippen LogP contribution in [0.4, 0.5) is 0 Å². The zero-order valence-corrected chi connectivity index (χ0v) is 15.1. The van der Waals surface area contributed by atoms with Crippen LogP contribution in [0.15, 0.2) is 18.2 Å². The molecule has 0 unspecified atom stereocenters. The summed E-state index contributed by atoms with van der Waals surface area (Å²) >= 11 is 8.27. The zero-order valence-electron chi connectivity index (χ0n) is 12.2. The van der Waals surface area contributed by atoms with Gasteiger partial charge in [0.2, 0.25) is 0 Å². The summed E-state index contributed by atoms with van der Waals surface area (Å²) < 4.78 is 6.07. The molecule has 0 atom stereocenters. The molecule has 5 heteroatoms. The molecular formula is C15H21ClINO2. The lowest BCUT2D eigenvalue weighted by Gasteiger charge is -2.30. The van der Waals surface area contributed by atoms with E-state index in [-0.39, 0.29) is 11.9 Å². The maximum atomic E-state index is 12.7. The van der Waals surface area contributed by atoms with Crippen molar-refractivity contribution in [2.24, 2.45) is 0 Å². The van der Waals surface area contributed by atoms with Gasteiger partial charge in [-0.3, -0.25) is 4.79 Å². The molecule has 112 valence electrons.